The SMILES string of the molecule is O=C(Nc1ccc(Cl)c(C(F)(F)F)c1)C1=Cc2ccccc2OC1. The summed E-state index contributed by atoms with van der Waals surface area (Å²) in [6.45, 7) is 0.0442. The highest BCUT2D eigenvalue weighted by Gasteiger charge is 2.33. The fourth-order valence-corrected chi connectivity index (χ4v) is 2.50. The Kier molecular flexibility index (Phi) is 4.24. The van der Waals surface area contributed by atoms with Gasteiger partial charge in [-0.1, -0.05) is 29.8 Å². The smallest absolute Gasteiger partial charge is 0.417 e. The number of anilines is 1. The van der Waals surface area contributed by atoms with E-state index in [1.807, 2.05) is 6.07 Å². The topological polar surface area (TPSA) is 38.3 Å². The zero-order chi connectivity index (χ0) is 17.3. The van der Waals surface area contributed by atoms with Crippen molar-refractivity contribution in [1.82, 2.24) is 0 Å². The summed E-state index contributed by atoms with van der Waals surface area (Å²) < 4.78 is 44.0. The molecule has 0 bridgehead atoms. The lowest BCUT2D eigenvalue weighted by Crippen LogP contribution is -2.21. The van der Waals surface area contributed by atoms with E-state index in [0.29, 0.717) is 11.3 Å². The summed E-state index contributed by atoms with van der Waals surface area (Å²) in [7, 11) is 0. The molecule has 24 heavy (non-hydrogen) atoms. The van der Waals surface area contributed by atoms with Crippen LogP contribution in [0, 0.1) is 0 Å². The molecule has 0 aromatic heterocycles. The lowest BCUT2D eigenvalue weighted by atomic mass is 10.1. The quantitative estimate of drug-likeness (QED) is 0.844. The predicted octanol–water partition coefficient (Wildman–Crippen LogP) is 4.77. The number of alkyl halides is 3. The third-order valence-electron chi connectivity index (χ3n) is 3.45. The summed E-state index contributed by atoms with van der Waals surface area (Å²) in [5.41, 5.74) is 0.0656. The van der Waals surface area contributed by atoms with Gasteiger partial charge >= 0.3 is 6.18 Å². The number of ether oxygens (including phenoxy) is 1. The summed E-state index contributed by atoms with van der Waals surface area (Å²) in [6, 6.07) is 10.4. The Bertz CT molecular complexity index is 831. The van der Waals surface area contributed by atoms with Crippen molar-refractivity contribution in [3.05, 3.63) is 64.2 Å². The molecule has 1 heterocycles. The van der Waals surface area contributed by atoms with E-state index in [4.69, 9.17) is 16.3 Å². The molecule has 3 rings (SSSR count). The Balaban J connectivity index is 1.83. The largest absolute Gasteiger partial charge is 0.488 e. The average molecular weight is 354 g/mol. The lowest BCUT2D eigenvalue weighted by Gasteiger charge is -2.18. The van der Waals surface area contributed by atoms with Crippen LogP contribution in [-0.4, -0.2) is 12.5 Å². The van der Waals surface area contributed by atoms with Crippen molar-refractivity contribution in [1.29, 1.82) is 0 Å². The highest BCUT2D eigenvalue weighted by Crippen LogP contribution is 2.36. The standard InChI is InChI=1S/C17H11ClF3NO2/c18-14-6-5-12(8-13(14)17(19,20)21)22-16(23)11-7-10-3-1-2-4-15(10)24-9-11/h1-8H,9H2,(H,22,23). The maximum Gasteiger partial charge on any atom is 0.417 e. The Morgan fingerprint density at radius 3 is 2.67 bits per heavy atom. The Labute approximate surface area is 140 Å². The second kappa shape index (κ2) is 6.20. The highest BCUT2D eigenvalue weighted by atomic mass is 35.5. The first kappa shape index (κ1) is 16.4. The average Bonchev–Trinajstić information content (AvgIpc) is 2.55. The number of carbonyl (C=O) groups is 1. The summed E-state index contributed by atoms with van der Waals surface area (Å²) in [5.74, 6) is 0.125. The first-order valence-electron chi connectivity index (χ1n) is 6.95. The van der Waals surface area contributed by atoms with Gasteiger partial charge in [-0.15, -0.1) is 0 Å². The highest BCUT2D eigenvalue weighted by molar-refractivity contribution is 6.31. The van der Waals surface area contributed by atoms with E-state index in [-0.39, 0.29) is 12.3 Å². The van der Waals surface area contributed by atoms with E-state index in [0.717, 1.165) is 17.7 Å². The van der Waals surface area contributed by atoms with E-state index in [2.05, 4.69) is 5.32 Å². The molecule has 0 aliphatic carbocycles. The first-order valence-corrected chi connectivity index (χ1v) is 7.33. The minimum atomic E-state index is -4.59. The Morgan fingerprint density at radius 2 is 1.92 bits per heavy atom. The number of benzene rings is 2. The molecule has 0 atom stereocenters. The second-order valence-electron chi connectivity index (χ2n) is 5.14. The van der Waals surface area contributed by atoms with Crippen molar-refractivity contribution in [3.8, 4) is 5.75 Å². The number of carbonyl (C=O) groups excluding carboxylic acids is 1. The molecule has 0 spiro atoms. The van der Waals surface area contributed by atoms with Crippen LogP contribution >= 0.6 is 11.6 Å². The van der Waals surface area contributed by atoms with Crippen molar-refractivity contribution < 1.29 is 22.7 Å². The zero-order valence-corrected chi connectivity index (χ0v) is 12.9. The molecule has 0 radical (unpaired) electrons. The van der Waals surface area contributed by atoms with Crippen molar-refractivity contribution >= 4 is 29.3 Å². The Morgan fingerprint density at radius 1 is 1.17 bits per heavy atom. The summed E-state index contributed by atoms with van der Waals surface area (Å²) >= 11 is 5.56. The van der Waals surface area contributed by atoms with Crippen LogP contribution in [0.25, 0.3) is 6.08 Å². The van der Waals surface area contributed by atoms with Crippen LogP contribution in [-0.2, 0) is 11.0 Å². The maximum absolute atomic E-state index is 12.9. The third kappa shape index (κ3) is 3.38. The lowest BCUT2D eigenvalue weighted by molar-refractivity contribution is -0.137. The molecule has 1 aliphatic rings. The van der Waals surface area contributed by atoms with Crippen molar-refractivity contribution in [3.63, 3.8) is 0 Å². The van der Waals surface area contributed by atoms with E-state index >= 15 is 0 Å². The molecule has 0 unspecified atom stereocenters. The van der Waals surface area contributed by atoms with Gasteiger partial charge in [-0.2, -0.15) is 13.2 Å². The number of halogens is 4. The molecule has 7 heteroatoms. The third-order valence-corrected chi connectivity index (χ3v) is 3.78. The molecule has 3 nitrogen and oxygen atoms in total. The number of para-hydroxylation sites is 1. The van der Waals surface area contributed by atoms with Crippen LogP contribution in [0.3, 0.4) is 0 Å². The van der Waals surface area contributed by atoms with Gasteiger partial charge in [0.1, 0.15) is 12.4 Å². The number of hydrogen-bond donors (Lipinski definition) is 1. The van der Waals surface area contributed by atoms with Gasteiger partial charge in [0.05, 0.1) is 16.2 Å². The molecule has 0 fully saturated rings. The van der Waals surface area contributed by atoms with Crippen molar-refractivity contribution in [2.75, 3.05) is 11.9 Å². The van der Waals surface area contributed by atoms with Crippen molar-refractivity contribution in [2.45, 2.75) is 6.18 Å². The molecule has 2 aromatic rings. The molecule has 0 saturated heterocycles. The fourth-order valence-electron chi connectivity index (χ4n) is 2.28. The summed E-state index contributed by atoms with van der Waals surface area (Å²) in [4.78, 5) is 12.2. The monoisotopic (exact) mass is 353 g/mol. The molecule has 124 valence electrons. The normalized spacial score (nSPS) is 13.6. The molecular formula is C17H11ClF3NO2. The molecule has 2 aromatic carbocycles. The number of rotatable bonds is 2. The second-order valence-corrected chi connectivity index (χ2v) is 5.55. The molecule has 1 amide bonds. The van der Waals surface area contributed by atoms with Gasteiger partial charge in [0.15, 0.2) is 0 Å². The van der Waals surface area contributed by atoms with Crippen LogP contribution < -0.4 is 10.1 Å². The number of amides is 1. The van der Waals surface area contributed by atoms with Gasteiger partial charge < -0.3 is 10.1 Å². The minimum absolute atomic E-state index is 0.0106. The number of nitrogens with one attached hydrogen (secondary N) is 1. The maximum atomic E-state index is 12.9. The summed E-state index contributed by atoms with van der Waals surface area (Å²) in [6.07, 6.45) is -2.95. The van der Waals surface area contributed by atoms with Gasteiger partial charge in [0, 0.05) is 11.3 Å². The van der Waals surface area contributed by atoms with E-state index in [1.165, 1.54) is 6.07 Å². The molecule has 1 aliphatic heterocycles. The predicted molar refractivity (Wildman–Crippen MR) is 85.0 cm³/mol. The number of fused-ring (bicyclic) bond motifs is 1. The van der Waals surface area contributed by atoms with E-state index in [1.54, 1.807) is 24.3 Å². The Hall–Kier alpha value is -2.47. The zero-order valence-electron chi connectivity index (χ0n) is 12.2. The van der Waals surface area contributed by atoms with Gasteiger partial charge in [-0.25, -0.2) is 0 Å². The summed E-state index contributed by atoms with van der Waals surface area (Å²) in [5, 5.41) is 2.01. The fraction of sp³-hybridized carbons (Fsp3) is 0.118. The van der Waals surface area contributed by atoms with Crippen LogP contribution in [0.5, 0.6) is 5.75 Å². The van der Waals surface area contributed by atoms with Crippen LogP contribution in [0.15, 0.2) is 48.0 Å². The van der Waals surface area contributed by atoms with E-state index in [9.17, 15) is 18.0 Å². The van der Waals surface area contributed by atoms with Gasteiger partial charge in [0.25, 0.3) is 5.91 Å². The first-order chi connectivity index (χ1) is 11.3. The molecule has 0 saturated carbocycles. The van der Waals surface area contributed by atoms with Crippen LogP contribution in [0.4, 0.5) is 18.9 Å². The van der Waals surface area contributed by atoms with Gasteiger partial charge in [-0.3, -0.25) is 4.79 Å². The minimum Gasteiger partial charge on any atom is -0.488 e. The van der Waals surface area contributed by atoms with Crippen LogP contribution in [0.2, 0.25) is 5.02 Å². The molecule has 1 N–H and O–H groups in total. The van der Waals surface area contributed by atoms with Gasteiger partial charge in [-0.05, 0) is 30.3 Å². The van der Waals surface area contributed by atoms with Crippen LogP contribution in [0.1, 0.15) is 11.1 Å². The van der Waals surface area contributed by atoms with Crippen molar-refractivity contribution in [2.24, 2.45) is 0 Å². The van der Waals surface area contributed by atoms with Gasteiger partial charge in [0.2, 0.25) is 0 Å². The van der Waals surface area contributed by atoms with E-state index < -0.39 is 22.7 Å². The number of hydrogen-bond acceptors (Lipinski definition) is 2. The molecular weight excluding hydrogens is 343 g/mol.